The molecule has 31 heavy (non-hydrogen) atoms. The molecule has 1 aliphatic carbocycles. The molecule has 2 fully saturated rings. The van der Waals surface area contributed by atoms with Crippen LogP contribution < -0.4 is 11.1 Å². The van der Waals surface area contributed by atoms with Gasteiger partial charge in [-0.05, 0) is 63.0 Å². The predicted octanol–water partition coefficient (Wildman–Crippen LogP) is 2.68. The standard InChI is InChI=1S/C24H32FN3O3/c25-19-9-7-17(8-10-19)22(29)18-11-15-28(16-12-18)14-4-3-13-27-24(31)21-6-2-1-5-20(21)23(26)30/h3-4,7-10,18,20-21H,1-2,5-6,11-16H2,(H2,26,30)(H,27,31)/b4-3+. The third-order valence-corrected chi connectivity index (χ3v) is 6.48. The fourth-order valence-corrected chi connectivity index (χ4v) is 4.61. The van der Waals surface area contributed by atoms with Gasteiger partial charge in [0.05, 0.1) is 0 Å². The first-order chi connectivity index (χ1) is 15.0. The summed E-state index contributed by atoms with van der Waals surface area (Å²) in [5, 5.41) is 2.90. The SMILES string of the molecule is NC(=O)C1CCCCC1C(=O)NC/C=C/CN1CCC(C(=O)c2ccc(F)cc2)CC1. The summed E-state index contributed by atoms with van der Waals surface area (Å²) >= 11 is 0. The number of nitrogens with zero attached hydrogens (tertiary/aromatic N) is 1. The van der Waals surface area contributed by atoms with Gasteiger partial charge >= 0.3 is 0 Å². The van der Waals surface area contributed by atoms with Crippen molar-refractivity contribution in [3.8, 4) is 0 Å². The lowest BCUT2D eigenvalue weighted by molar-refractivity contribution is -0.134. The number of primary amides is 1. The van der Waals surface area contributed by atoms with Gasteiger partial charge < -0.3 is 11.1 Å². The Hall–Kier alpha value is -2.54. The number of likely N-dealkylation sites (tertiary alicyclic amines) is 1. The number of amides is 2. The van der Waals surface area contributed by atoms with E-state index in [2.05, 4.69) is 10.2 Å². The molecule has 0 spiro atoms. The average Bonchev–Trinajstić information content (AvgIpc) is 2.79. The van der Waals surface area contributed by atoms with E-state index in [1.165, 1.54) is 12.1 Å². The summed E-state index contributed by atoms with van der Waals surface area (Å²) in [6.45, 7) is 2.86. The molecule has 1 saturated heterocycles. The predicted molar refractivity (Wildman–Crippen MR) is 117 cm³/mol. The first-order valence-electron chi connectivity index (χ1n) is 11.2. The van der Waals surface area contributed by atoms with Crippen molar-refractivity contribution in [1.82, 2.24) is 10.2 Å². The molecule has 0 bridgehead atoms. The number of Topliss-reactive ketones (excluding diaryl/α,β-unsaturated/α-hetero) is 1. The van der Waals surface area contributed by atoms with Crippen molar-refractivity contribution in [1.29, 1.82) is 0 Å². The summed E-state index contributed by atoms with van der Waals surface area (Å²) in [5.41, 5.74) is 6.02. The van der Waals surface area contributed by atoms with Crippen molar-refractivity contribution in [3.05, 3.63) is 47.8 Å². The van der Waals surface area contributed by atoms with Crippen LogP contribution in [0.15, 0.2) is 36.4 Å². The molecule has 1 aliphatic heterocycles. The second-order valence-electron chi connectivity index (χ2n) is 8.56. The Morgan fingerprint density at radius 3 is 2.29 bits per heavy atom. The van der Waals surface area contributed by atoms with Gasteiger partial charge in [-0.1, -0.05) is 25.0 Å². The monoisotopic (exact) mass is 429 g/mol. The van der Waals surface area contributed by atoms with Gasteiger partial charge in [-0.2, -0.15) is 0 Å². The van der Waals surface area contributed by atoms with Crippen LogP contribution in [0, 0.1) is 23.6 Å². The van der Waals surface area contributed by atoms with Crippen molar-refractivity contribution in [2.75, 3.05) is 26.2 Å². The molecule has 1 heterocycles. The van der Waals surface area contributed by atoms with E-state index in [1.807, 2.05) is 12.2 Å². The zero-order chi connectivity index (χ0) is 22.2. The first kappa shape index (κ1) is 23.1. The molecule has 0 radical (unpaired) electrons. The lowest BCUT2D eigenvalue weighted by atomic mass is 9.78. The Labute approximate surface area is 183 Å². The Morgan fingerprint density at radius 2 is 1.65 bits per heavy atom. The maximum Gasteiger partial charge on any atom is 0.224 e. The third-order valence-electron chi connectivity index (χ3n) is 6.48. The van der Waals surface area contributed by atoms with E-state index in [4.69, 9.17) is 5.73 Å². The molecule has 2 amide bonds. The minimum atomic E-state index is -0.378. The average molecular weight is 430 g/mol. The highest BCUT2D eigenvalue weighted by molar-refractivity contribution is 5.97. The van der Waals surface area contributed by atoms with Gasteiger partial charge in [0.1, 0.15) is 5.82 Å². The van der Waals surface area contributed by atoms with Gasteiger partial charge in [-0.25, -0.2) is 4.39 Å². The number of benzene rings is 1. The third kappa shape index (κ3) is 6.47. The van der Waals surface area contributed by atoms with Crippen LogP contribution in [0.2, 0.25) is 0 Å². The first-order valence-corrected chi connectivity index (χ1v) is 11.2. The number of ketones is 1. The smallest absolute Gasteiger partial charge is 0.224 e. The lowest BCUT2D eigenvalue weighted by Crippen LogP contribution is -2.42. The summed E-state index contributed by atoms with van der Waals surface area (Å²) in [6, 6.07) is 5.77. The molecule has 0 aromatic heterocycles. The fourth-order valence-electron chi connectivity index (χ4n) is 4.61. The second kappa shape index (κ2) is 11.2. The topological polar surface area (TPSA) is 92.5 Å². The van der Waals surface area contributed by atoms with Crippen molar-refractivity contribution >= 4 is 17.6 Å². The number of nitrogens with one attached hydrogen (secondary N) is 1. The zero-order valence-electron chi connectivity index (χ0n) is 17.9. The van der Waals surface area contributed by atoms with Crippen molar-refractivity contribution in [3.63, 3.8) is 0 Å². The summed E-state index contributed by atoms with van der Waals surface area (Å²) in [4.78, 5) is 38.8. The lowest BCUT2D eigenvalue weighted by Gasteiger charge is -2.30. The zero-order valence-corrected chi connectivity index (χ0v) is 17.9. The van der Waals surface area contributed by atoms with E-state index in [9.17, 15) is 18.8 Å². The highest BCUT2D eigenvalue weighted by atomic mass is 19.1. The largest absolute Gasteiger partial charge is 0.369 e. The molecule has 2 aliphatic rings. The Kier molecular flexibility index (Phi) is 8.35. The molecule has 7 heteroatoms. The Morgan fingerprint density at radius 1 is 1.00 bits per heavy atom. The van der Waals surface area contributed by atoms with E-state index >= 15 is 0 Å². The van der Waals surface area contributed by atoms with E-state index in [-0.39, 0.29) is 41.2 Å². The molecule has 1 aromatic carbocycles. The minimum Gasteiger partial charge on any atom is -0.369 e. The Balaban J connectivity index is 1.36. The second-order valence-corrected chi connectivity index (χ2v) is 8.56. The van der Waals surface area contributed by atoms with E-state index in [0.717, 1.165) is 51.7 Å². The number of nitrogens with two attached hydrogens (primary N) is 1. The van der Waals surface area contributed by atoms with Crippen molar-refractivity contribution < 1.29 is 18.8 Å². The summed E-state index contributed by atoms with van der Waals surface area (Å²) in [6.07, 6.45) is 8.84. The molecular weight excluding hydrogens is 397 g/mol. The number of carbonyl (C=O) groups is 3. The summed E-state index contributed by atoms with van der Waals surface area (Å²) < 4.78 is 13.0. The van der Waals surface area contributed by atoms with E-state index in [0.29, 0.717) is 18.5 Å². The number of hydrogen-bond donors (Lipinski definition) is 2. The molecule has 3 rings (SSSR count). The van der Waals surface area contributed by atoms with E-state index in [1.54, 1.807) is 12.1 Å². The molecule has 1 aromatic rings. The highest BCUT2D eigenvalue weighted by Gasteiger charge is 2.34. The van der Waals surface area contributed by atoms with Gasteiger partial charge in [-0.15, -0.1) is 0 Å². The molecular formula is C24H32FN3O3. The van der Waals surface area contributed by atoms with Crippen LogP contribution in [0.1, 0.15) is 48.9 Å². The maximum absolute atomic E-state index is 13.0. The van der Waals surface area contributed by atoms with Gasteiger partial charge in [0.25, 0.3) is 0 Å². The van der Waals surface area contributed by atoms with Crippen LogP contribution in [0.3, 0.4) is 0 Å². The molecule has 2 unspecified atom stereocenters. The molecule has 3 N–H and O–H groups in total. The summed E-state index contributed by atoms with van der Waals surface area (Å²) in [5.74, 6) is -1.38. The normalized spacial score (nSPS) is 23.0. The Bertz CT molecular complexity index is 801. The van der Waals surface area contributed by atoms with Crippen LogP contribution in [0.5, 0.6) is 0 Å². The van der Waals surface area contributed by atoms with Crippen molar-refractivity contribution in [2.45, 2.75) is 38.5 Å². The van der Waals surface area contributed by atoms with Gasteiger partial charge in [0.2, 0.25) is 11.8 Å². The minimum absolute atomic E-state index is 0.0151. The molecule has 168 valence electrons. The van der Waals surface area contributed by atoms with Crippen LogP contribution in [0.4, 0.5) is 4.39 Å². The van der Waals surface area contributed by atoms with Gasteiger partial charge in [0, 0.05) is 36.4 Å². The van der Waals surface area contributed by atoms with Crippen LogP contribution in [-0.2, 0) is 9.59 Å². The summed E-state index contributed by atoms with van der Waals surface area (Å²) in [7, 11) is 0. The maximum atomic E-state index is 13.0. The van der Waals surface area contributed by atoms with Gasteiger partial charge in [-0.3, -0.25) is 19.3 Å². The number of rotatable bonds is 8. The number of halogens is 1. The number of piperidine rings is 1. The van der Waals surface area contributed by atoms with Crippen LogP contribution >= 0.6 is 0 Å². The van der Waals surface area contributed by atoms with E-state index < -0.39 is 0 Å². The number of carbonyl (C=O) groups excluding carboxylic acids is 3. The molecule has 6 nitrogen and oxygen atoms in total. The highest BCUT2D eigenvalue weighted by Crippen LogP contribution is 2.30. The van der Waals surface area contributed by atoms with Crippen molar-refractivity contribution in [2.24, 2.45) is 23.5 Å². The van der Waals surface area contributed by atoms with Gasteiger partial charge in [0.15, 0.2) is 5.78 Å². The fraction of sp³-hybridized carbons (Fsp3) is 0.542. The van der Waals surface area contributed by atoms with Crippen LogP contribution in [-0.4, -0.2) is 48.7 Å². The molecule has 1 saturated carbocycles. The quantitative estimate of drug-likeness (QED) is 0.491. The number of hydrogen-bond acceptors (Lipinski definition) is 4. The van der Waals surface area contributed by atoms with Crippen LogP contribution in [0.25, 0.3) is 0 Å². The molecule has 2 atom stereocenters.